The van der Waals surface area contributed by atoms with E-state index in [2.05, 4.69) is 17.7 Å². The van der Waals surface area contributed by atoms with Crippen molar-refractivity contribution < 1.29 is 29.2 Å². The summed E-state index contributed by atoms with van der Waals surface area (Å²) in [5, 5.41) is 20.5. The summed E-state index contributed by atoms with van der Waals surface area (Å²) in [6, 6.07) is 0. The van der Waals surface area contributed by atoms with Crippen LogP contribution in [0, 0.1) is 11.8 Å². The van der Waals surface area contributed by atoms with Crippen molar-refractivity contribution in [3.8, 4) is 0 Å². The molecule has 0 aromatic heterocycles. The minimum Gasteiger partial charge on any atom is -0.469 e. The molecule has 0 radical (unpaired) electrons. The van der Waals surface area contributed by atoms with Gasteiger partial charge < -0.3 is 24.4 Å². The minimum atomic E-state index is -0.471. The Kier molecular flexibility index (Phi) is 14.3. The van der Waals surface area contributed by atoms with Crippen molar-refractivity contribution in [2.24, 2.45) is 11.8 Å². The summed E-state index contributed by atoms with van der Waals surface area (Å²) in [5.74, 6) is -0.0740. The molecule has 0 amide bonds. The summed E-state index contributed by atoms with van der Waals surface area (Å²) in [4.78, 5) is 11.1. The van der Waals surface area contributed by atoms with Crippen molar-refractivity contribution in [1.29, 1.82) is 0 Å². The summed E-state index contributed by atoms with van der Waals surface area (Å²) in [6.45, 7) is 4.72. The fourth-order valence-corrected chi connectivity index (χ4v) is 3.74. The summed E-state index contributed by atoms with van der Waals surface area (Å²) in [6.07, 6.45) is 10.6. The number of esters is 1. The van der Waals surface area contributed by atoms with Gasteiger partial charge in [-0.2, -0.15) is 0 Å². The van der Waals surface area contributed by atoms with Gasteiger partial charge in [0.05, 0.1) is 32.5 Å². The van der Waals surface area contributed by atoms with Gasteiger partial charge in [0.2, 0.25) is 0 Å². The van der Waals surface area contributed by atoms with Gasteiger partial charge in [-0.3, -0.25) is 4.79 Å². The van der Waals surface area contributed by atoms with E-state index in [1.807, 2.05) is 6.08 Å². The molecule has 1 aliphatic carbocycles. The zero-order valence-electron chi connectivity index (χ0n) is 17.7. The Bertz CT molecular complexity index is 425. The molecule has 1 rings (SSSR count). The lowest BCUT2D eigenvalue weighted by Crippen LogP contribution is -2.23. The molecule has 1 aliphatic rings. The van der Waals surface area contributed by atoms with Crippen LogP contribution in [0.3, 0.4) is 0 Å². The van der Waals surface area contributed by atoms with Crippen LogP contribution in [0.2, 0.25) is 0 Å². The number of hydrogen-bond acceptors (Lipinski definition) is 6. The van der Waals surface area contributed by atoms with Crippen LogP contribution in [0.5, 0.6) is 0 Å². The SMILES string of the molecule is CCCCCOCCOCCC1[C@H](O)C[C@H](O)[C@@H]1C/C=C\CCCC(=O)OC. The normalized spacial score (nSPS) is 24.9. The molecular weight excluding hydrogens is 360 g/mol. The van der Waals surface area contributed by atoms with Crippen LogP contribution < -0.4 is 0 Å². The van der Waals surface area contributed by atoms with Crippen molar-refractivity contribution in [3.63, 3.8) is 0 Å². The Labute approximate surface area is 170 Å². The van der Waals surface area contributed by atoms with Crippen LogP contribution in [0.15, 0.2) is 12.2 Å². The third-order valence-corrected chi connectivity index (χ3v) is 5.44. The number of aliphatic hydroxyl groups excluding tert-OH is 2. The lowest BCUT2D eigenvalue weighted by atomic mass is 9.88. The number of methoxy groups -OCH3 is 1. The van der Waals surface area contributed by atoms with Gasteiger partial charge in [-0.1, -0.05) is 31.9 Å². The lowest BCUT2D eigenvalue weighted by Gasteiger charge is -2.22. The molecule has 1 saturated carbocycles. The number of allylic oxidation sites excluding steroid dienone is 2. The van der Waals surface area contributed by atoms with Crippen molar-refractivity contribution in [1.82, 2.24) is 0 Å². The number of ether oxygens (including phenoxy) is 3. The lowest BCUT2D eigenvalue weighted by molar-refractivity contribution is -0.140. The average molecular weight is 401 g/mol. The second-order valence-electron chi connectivity index (χ2n) is 7.59. The van der Waals surface area contributed by atoms with Gasteiger partial charge in [-0.25, -0.2) is 0 Å². The van der Waals surface area contributed by atoms with Gasteiger partial charge in [0.25, 0.3) is 0 Å². The summed E-state index contributed by atoms with van der Waals surface area (Å²) < 4.78 is 15.8. The van der Waals surface area contributed by atoms with E-state index >= 15 is 0 Å². The maximum Gasteiger partial charge on any atom is 0.305 e. The van der Waals surface area contributed by atoms with Gasteiger partial charge in [0.1, 0.15) is 0 Å². The molecule has 0 aromatic rings. The van der Waals surface area contributed by atoms with Gasteiger partial charge in [-0.05, 0) is 50.4 Å². The van der Waals surface area contributed by atoms with Crippen LogP contribution in [-0.4, -0.2) is 61.9 Å². The maximum absolute atomic E-state index is 11.1. The maximum atomic E-state index is 11.1. The summed E-state index contributed by atoms with van der Waals surface area (Å²) in [7, 11) is 1.40. The molecule has 0 aromatic carbocycles. The van der Waals surface area contributed by atoms with Crippen LogP contribution in [0.25, 0.3) is 0 Å². The number of carbonyl (C=O) groups is 1. The molecular formula is C22H40O6. The van der Waals surface area contributed by atoms with E-state index in [9.17, 15) is 15.0 Å². The number of aliphatic hydroxyl groups is 2. The van der Waals surface area contributed by atoms with Gasteiger partial charge in [0, 0.05) is 19.6 Å². The second-order valence-corrected chi connectivity index (χ2v) is 7.59. The molecule has 2 N–H and O–H groups in total. The van der Waals surface area contributed by atoms with Crippen LogP contribution >= 0.6 is 0 Å². The van der Waals surface area contributed by atoms with E-state index in [-0.39, 0.29) is 17.8 Å². The zero-order chi connectivity index (χ0) is 20.6. The Morgan fingerprint density at radius 2 is 1.68 bits per heavy atom. The predicted molar refractivity (Wildman–Crippen MR) is 109 cm³/mol. The van der Waals surface area contributed by atoms with E-state index in [0.717, 1.165) is 38.7 Å². The Balaban J connectivity index is 2.19. The standard InChI is InChI=1S/C22H40O6/c1-3-4-9-13-27-15-16-28-14-12-19-18(20(23)17-21(19)24)10-7-5-6-8-11-22(25)26-2/h5,7,18-21,23-24H,3-4,6,8-17H2,1-2H3/b7-5-/t18-,19?,20+,21-/m1/s1. The third kappa shape index (κ3) is 10.6. The highest BCUT2D eigenvalue weighted by atomic mass is 16.5. The zero-order valence-corrected chi connectivity index (χ0v) is 17.7. The average Bonchev–Trinajstić information content (AvgIpc) is 2.95. The van der Waals surface area contributed by atoms with Gasteiger partial charge in [-0.15, -0.1) is 0 Å². The van der Waals surface area contributed by atoms with E-state index < -0.39 is 12.2 Å². The van der Waals surface area contributed by atoms with Crippen molar-refractivity contribution >= 4 is 5.97 Å². The number of carbonyl (C=O) groups excluding carboxylic acids is 1. The molecule has 6 heteroatoms. The van der Waals surface area contributed by atoms with Gasteiger partial charge in [0.15, 0.2) is 0 Å². The van der Waals surface area contributed by atoms with Crippen LogP contribution in [0.4, 0.5) is 0 Å². The first-order chi connectivity index (χ1) is 13.6. The van der Waals surface area contributed by atoms with E-state index in [0.29, 0.717) is 32.7 Å². The quantitative estimate of drug-likeness (QED) is 0.235. The largest absolute Gasteiger partial charge is 0.469 e. The van der Waals surface area contributed by atoms with Crippen molar-refractivity contribution in [3.05, 3.63) is 12.2 Å². The van der Waals surface area contributed by atoms with Crippen molar-refractivity contribution in [2.75, 3.05) is 33.5 Å². The molecule has 0 aliphatic heterocycles. The summed E-state index contributed by atoms with van der Waals surface area (Å²) >= 11 is 0. The first kappa shape index (κ1) is 25.1. The first-order valence-corrected chi connectivity index (χ1v) is 10.8. The first-order valence-electron chi connectivity index (χ1n) is 10.8. The molecule has 0 bridgehead atoms. The molecule has 28 heavy (non-hydrogen) atoms. The van der Waals surface area contributed by atoms with Gasteiger partial charge >= 0.3 is 5.97 Å². The van der Waals surface area contributed by atoms with Crippen LogP contribution in [-0.2, 0) is 19.0 Å². The smallest absolute Gasteiger partial charge is 0.305 e. The monoisotopic (exact) mass is 400 g/mol. The molecule has 4 atom stereocenters. The van der Waals surface area contributed by atoms with E-state index in [1.54, 1.807) is 0 Å². The Hall–Kier alpha value is -0.950. The molecule has 164 valence electrons. The highest BCUT2D eigenvalue weighted by molar-refractivity contribution is 5.69. The fraction of sp³-hybridized carbons (Fsp3) is 0.864. The number of hydrogen-bond donors (Lipinski definition) is 2. The van der Waals surface area contributed by atoms with E-state index in [1.165, 1.54) is 20.0 Å². The molecule has 0 heterocycles. The Morgan fingerprint density at radius 3 is 2.39 bits per heavy atom. The number of unbranched alkanes of at least 4 members (excludes halogenated alkanes) is 3. The highest BCUT2D eigenvalue weighted by Gasteiger charge is 2.40. The van der Waals surface area contributed by atoms with Crippen molar-refractivity contribution in [2.45, 2.75) is 76.9 Å². The molecule has 6 nitrogen and oxygen atoms in total. The number of rotatable bonds is 16. The molecule has 1 fully saturated rings. The second kappa shape index (κ2) is 15.9. The summed E-state index contributed by atoms with van der Waals surface area (Å²) in [5.41, 5.74) is 0. The minimum absolute atomic E-state index is 0.0557. The Morgan fingerprint density at radius 1 is 0.964 bits per heavy atom. The predicted octanol–water partition coefficient (Wildman–Crippen LogP) is 3.25. The highest BCUT2D eigenvalue weighted by Crippen LogP contribution is 2.37. The van der Waals surface area contributed by atoms with E-state index in [4.69, 9.17) is 9.47 Å². The molecule has 1 unspecified atom stereocenters. The molecule has 0 saturated heterocycles. The van der Waals surface area contributed by atoms with Crippen LogP contribution in [0.1, 0.15) is 64.7 Å². The molecule has 0 spiro atoms. The third-order valence-electron chi connectivity index (χ3n) is 5.44. The fourth-order valence-electron chi connectivity index (χ4n) is 3.74. The topological polar surface area (TPSA) is 85.2 Å².